The monoisotopic (exact) mass is 242 g/mol. The number of hydrogen-bond acceptors (Lipinski definition) is 4. The van der Waals surface area contributed by atoms with Crippen LogP contribution in [0.15, 0.2) is 0 Å². The summed E-state index contributed by atoms with van der Waals surface area (Å²) in [4.78, 5) is 13.8. The maximum Gasteiger partial charge on any atom is 0.410 e. The molecule has 2 rings (SSSR count). The Morgan fingerprint density at radius 1 is 1.47 bits per heavy atom. The first-order valence-electron chi connectivity index (χ1n) is 6.16. The zero-order valence-corrected chi connectivity index (χ0v) is 11.1. The normalized spacial score (nSPS) is 27.8. The summed E-state index contributed by atoms with van der Waals surface area (Å²) in [5.74, 6) is 0. The Bertz CT molecular complexity index is 307. The lowest BCUT2D eigenvalue weighted by Gasteiger charge is -2.50. The fraction of sp³-hybridized carbons (Fsp3) is 0.917. The Morgan fingerprint density at radius 2 is 2.12 bits per heavy atom. The number of rotatable bonds is 0. The second kappa shape index (κ2) is 4.14. The lowest BCUT2D eigenvalue weighted by atomic mass is 9.94. The second-order valence-electron chi connectivity index (χ2n) is 6.08. The van der Waals surface area contributed by atoms with Gasteiger partial charge in [0.2, 0.25) is 0 Å². The summed E-state index contributed by atoms with van der Waals surface area (Å²) in [6.07, 6.45) is -0.169. The van der Waals surface area contributed by atoms with Gasteiger partial charge in [-0.15, -0.1) is 0 Å². The summed E-state index contributed by atoms with van der Waals surface area (Å²) < 4.78 is 11.3. The highest BCUT2D eigenvalue weighted by Crippen LogP contribution is 2.26. The molecule has 0 aliphatic carbocycles. The molecule has 0 aromatic carbocycles. The molecule has 98 valence electrons. The molecule has 2 heterocycles. The molecule has 2 aliphatic rings. The van der Waals surface area contributed by atoms with Crippen molar-refractivity contribution in [2.24, 2.45) is 0 Å². The molecule has 1 unspecified atom stereocenters. The van der Waals surface area contributed by atoms with Crippen molar-refractivity contribution in [3.63, 3.8) is 0 Å². The molecule has 0 saturated carbocycles. The quantitative estimate of drug-likeness (QED) is 0.688. The molecule has 5 nitrogen and oxygen atoms in total. The van der Waals surface area contributed by atoms with Crippen LogP contribution in [-0.4, -0.2) is 54.5 Å². The average Bonchev–Trinajstić information content (AvgIpc) is 2.11. The molecule has 2 aliphatic heterocycles. The van der Waals surface area contributed by atoms with Crippen molar-refractivity contribution in [1.29, 1.82) is 0 Å². The van der Waals surface area contributed by atoms with Gasteiger partial charge >= 0.3 is 6.09 Å². The van der Waals surface area contributed by atoms with Crippen molar-refractivity contribution in [2.45, 2.75) is 45.0 Å². The molecule has 2 saturated heterocycles. The van der Waals surface area contributed by atoms with E-state index in [4.69, 9.17) is 9.47 Å². The molecule has 0 aromatic heterocycles. The summed E-state index contributed by atoms with van der Waals surface area (Å²) in [6, 6.07) is 0. The van der Waals surface area contributed by atoms with Crippen LogP contribution in [0.3, 0.4) is 0 Å². The van der Waals surface area contributed by atoms with E-state index in [1.807, 2.05) is 27.7 Å². The highest BCUT2D eigenvalue weighted by molar-refractivity contribution is 5.68. The summed E-state index contributed by atoms with van der Waals surface area (Å²) >= 11 is 0. The SMILES string of the molecule is CC1CN(C(=O)OC(C)(C)C)CC2(CNC2)O1. The van der Waals surface area contributed by atoms with Crippen LogP contribution in [0.2, 0.25) is 0 Å². The fourth-order valence-electron chi connectivity index (χ4n) is 2.29. The molecule has 0 radical (unpaired) electrons. The van der Waals surface area contributed by atoms with Crippen LogP contribution in [0.4, 0.5) is 4.79 Å². The van der Waals surface area contributed by atoms with Gasteiger partial charge in [0.1, 0.15) is 11.2 Å². The van der Waals surface area contributed by atoms with Gasteiger partial charge in [-0.05, 0) is 27.7 Å². The first-order valence-corrected chi connectivity index (χ1v) is 6.16. The van der Waals surface area contributed by atoms with E-state index >= 15 is 0 Å². The Morgan fingerprint density at radius 3 is 2.59 bits per heavy atom. The first kappa shape index (κ1) is 12.6. The minimum atomic E-state index is -0.441. The summed E-state index contributed by atoms with van der Waals surface area (Å²) in [6.45, 7) is 10.5. The summed E-state index contributed by atoms with van der Waals surface area (Å²) in [7, 11) is 0. The van der Waals surface area contributed by atoms with Crippen molar-refractivity contribution < 1.29 is 14.3 Å². The summed E-state index contributed by atoms with van der Waals surface area (Å²) in [5, 5.41) is 3.20. The predicted octanol–water partition coefficient (Wildman–Crippen LogP) is 0.984. The van der Waals surface area contributed by atoms with E-state index in [-0.39, 0.29) is 17.8 Å². The highest BCUT2D eigenvalue weighted by Gasteiger charge is 2.46. The van der Waals surface area contributed by atoms with Gasteiger partial charge in [0.15, 0.2) is 0 Å². The summed E-state index contributed by atoms with van der Waals surface area (Å²) in [5.41, 5.74) is -0.627. The number of ether oxygens (including phenoxy) is 2. The molecule has 17 heavy (non-hydrogen) atoms. The van der Waals surface area contributed by atoms with E-state index in [2.05, 4.69) is 5.32 Å². The van der Waals surface area contributed by atoms with Crippen LogP contribution >= 0.6 is 0 Å². The van der Waals surface area contributed by atoms with Crippen molar-refractivity contribution in [2.75, 3.05) is 26.2 Å². The third kappa shape index (κ3) is 2.90. The molecule has 5 heteroatoms. The third-order valence-corrected chi connectivity index (χ3v) is 2.95. The van der Waals surface area contributed by atoms with Gasteiger partial charge < -0.3 is 19.7 Å². The number of nitrogens with zero attached hydrogens (tertiary/aromatic N) is 1. The van der Waals surface area contributed by atoms with Crippen LogP contribution in [0.25, 0.3) is 0 Å². The number of morpholine rings is 1. The largest absolute Gasteiger partial charge is 0.444 e. The van der Waals surface area contributed by atoms with E-state index in [0.717, 1.165) is 13.1 Å². The standard InChI is InChI=1S/C12H22N2O3/c1-9-5-14(10(15)17-11(2,3)4)8-12(16-9)6-13-7-12/h9,13H,5-8H2,1-4H3. The van der Waals surface area contributed by atoms with Crippen molar-refractivity contribution >= 4 is 6.09 Å². The minimum Gasteiger partial charge on any atom is -0.444 e. The fourth-order valence-corrected chi connectivity index (χ4v) is 2.29. The van der Waals surface area contributed by atoms with E-state index in [1.165, 1.54) is 0 Å². The van der Waals surface area contributed by atoms with Crippen LogP contribution < -0.4 is 5.32 Å². The smallest absolute Gasteiger partial charge is 0.410 e. The van der Waals surface area contributed by atoms with Gasteiger partial charge in [0.25, 0.3) is 0 Å². The van der Waals surface area contributed by atoms with Gasteiger partial charge in [-0.25, -0.2) is 4.79 Å². The molecular formula is C12H22N2O3. The maximum atomic E-state index is 12.0. The van der Waals surface area contributed by atoms with E-state index in [0.29, 0.717) is 13.1 Å². The van der Waals surface area contributed by atoms with Gasteiger partial charge in [-0.2, -0.15) is 0 Å². The Kier molecular flexibility index (Phi) is 3.08. The van der Waals surface area contributed by atoms with Crippen LogP contribution in [0, 0.1) is 0 Å². The molecule has 1 atom stereocenters. The van der Waals surface area contributed by atoms with Crippen LogP contribution in [0.1, 0.15) is 27.7 Å². The Balaban J connectivity index is 1.98. The third-order valence-electron chi connectivity index (χ3n) is 2.95. The molecule has 0 bridgehead atoms. The van der Waals surface area contributed by atoms with Gasteiger partial charge in [0.05, 0.1) is 19.2 Å². The lowest BCUT2D eigenvalue weighted by molar-refractivity contribution is -0.167. The first-order chi connectivity index (χ1) is 7.80. The molecule has 0 aromatic rings. The predicted molar refractivity (Wildman–Crippen MR) is 64.0 cm³/mol. The minimum absolute atomic E-state index is 0.0679. The Labute approximate surface area is 102 Å². The van der Waals surface area contributed by atoms with E-state index < -0.39 is 5.60 Å². The van der Waals surface area contributed by atoms with Crippen molar-refractivity contribution in [3.8, 4) is 0 Å². The highest BCUT2D eigenvalue weighted by atomic mass is 16.6. The zero-order valence-electron chi connectivity index (χ0n) is 11.1. The number of carbonyl (C=O) groups excluding carboxylic acids is 1. The van der Waals surface area contributed by atoms with Gasteiger partial charge in [0, 0.05) is 13.1 Å². The molecular weight excluding hydrogens is 220 g/mol. The van der Waals surface area contributed by atoms with Crippen molar-refractivity contribution in [1.82, 2.24) is 10.2 Å². The van der Waals surface area contributed by atoms with E-state index in [9.17, 15) is 4.79 Å². The van der Waals surface area contributed by atoms with Crippen molar-refractivity contribution in [3.05, 3.63) is 0 Å². The average molecular weight is 242 g/mol. The van der Waals surface area contributed by atoms with E-state index in [1.54, 1.807) is 4.90 Å². The second-order valence-corrected chi connectivity index (χ2v) is 6.08. The number of amides is 1. The number of hydrogen-bond donors (Lipinski definition) is 1. The van der Waals surface area contributed by atoms with Crippen LogP contribution in [0.5, 0.6) is 0 Å². The van der Waals surface area contributed by atoms with Gasteiger partial charge in [-0.3, -0.25) is 0 Å². The number of carbonyl (C=O) groups is 1. The molecule has 2 fully saturated rings. The molecule has 1 spiro atoms. The Hall–Kier alpha value is -0.810. The molecule has 1 N–H and O–H groups in total. The number of nitrogens with one attached hydrogen (secondary N) is 1. The van der Waals surface area contributed by atoms with Crippen LogP contribution in [-0.2, 0) is 9.47 Å². The topological polar surface area (TPSA) is 50.8 Å². The van der Waals surface area contributed by atoms with Gasteiger partial charge in [-0.1, -0.05) is 0 Å². The molecule has 1 amide bonds. The zero-order chi connectivity index (χ0) is 12.7. The maximum absolute atomic E-state index is 12.0. The lowest BCUT2D eigenvalue weighted by Crippen LogP contribution is -2.71.